The van der Waals surface area contributed by atoms with Crippen molar-refractivity contribution in [2.24, 2.45) is 0 Å². The second kappa shape index (κ2) is 10.3. The molecule has 13 nitrogen and oxygen atoms in total. The molecule has 0 bridgehead atoms. The van der Waals surface area contributed by atoms with Crippen molar-refractivity contribution in [3.8, 4) is 5.75 Å². The summed E-state index contributed by atoms with van der Waals surface area (Å²) in [5.41, 5.74) is 3.76. The third-order valence-corrected chi connectivity index (χ3v) is 3.83. The maximum absolute atomic E-state index is 10.9. The molecule has 0 unspecified atom stereocenters. The van der Waals surface area contributed by atoms with Crippen LogP contribution >= 0.6 is 0 Å². The first-order chi connectivity index (χ1) is 14.0. The molecule has 0 saturated carbocycles. The number of hydrogen-bond acceptors (Lipinski definition) is 9. The molecule has 0 atom stereocenters. The molecule has 0 amide bonds. The highest BCUT2D eigenvalue weighted by atomic mass is 16.6. The number of benzene rings is 2. The Morgan fingerprint density at radius 3 is 2.07 bits per heavy atom. The first-order valence-electron chi connectivity index (χ1n) is 8.42. The first kappa shape index (κ1) is 23.7. The Labute approximate surface area is 168 Å². The van der Waals surface area contributed by atoms with E-state index in [1.807, 2.05) is 0 Å². The zero-order chi connectivity index (χ0) is 23.0. The third kappa shape index (κ3) is 5.85. The highest BCUT2D eigenvalue weighted by molar-refractivity contribution is 5.90. The third-order valence-electron chi connectivity index (χ3n) is 3.83. The molecular weight excluding hydrogens is 404 g/mol. The molecule has 160 valence electrons. The van der Waals surface area contributed by atoms with Crippen LogP contribution in [-0.2, 0) is 6.42 Å². The monoisotopic (exact) mass is 422 g/mol. The van der Waals surface area contributed by atoms with Crippen molar-refractivity contribution in [2.45, 2.75) is 26.2 Å². The SMILES string of the molecule is CCCCc1cc(N)ccc1C(=O)O.O=[N+]([O-])c1ccc(O)c([N+](=O)[O-])c1[N+](=O)[O-]. The number of unbranched alkanes of at least 4 members (excludes halogenated alkanes) is 1. The van der Waals surface area contributed by atoms with Gasteiger partial charge in [0.2, 0.25) is 5.75 Å². The molecule has 0 aromatic heterocycles. The van der Waals surface area contributed by atoms with Crippen LogP contribution in [0.2, 0.25) is 0 Å². The zero-order valence-corrected chi connectivity index (χ0v) is 15.7. The average molecular weight is 422 g/mol. The predicted octanol–water partition coefficient (Wildman–Crippen LogP) is 3.43. The number of nitrogens with zero attached hydrogens (tertiary/aromatic N) is 3. The largest absolute Gasteiger partial charge is 0.502 e. The van der Waals surface area contributed by atoms with Gasteiger partial charge in [-0.2, -0.15) is 0 Å². The number of aromatic carboxylic acids is 1. The van der Waals surface area contributed by atoms with Gasteiger partial charge in [-0.3, -0.25) is 30.3 Å². The van der Waals surface area contributed by atoms with Crippen LogP contribution in [0.15, 0.2) is 30.3 Å². The zero-order valence-electron chi connectivity index (χ0n) is 15.7. The molecule has 0 spiro atoms. The van der Waals surface area contributed by atoms with E-state index < -0.39 is 43.6 Å². The Bertz CT molecular complexity index is 991. The van der Waals surface area contributed by atoms with Crippen molar-refractivity contribution >= 4 is 28.7 Å². The second-order valence-corrected chi connectivity index (χ2v) is 5.90. The lowest BCUT2D eigenvalue weighted by Gasteiger charge is -2.06. The summed E-state index contributed by atoms with van der Waals surface area (Å²) in [6.07, 6.45) is 2.82. The normalized spacial score (nSPS) is 9.90. The summed E-state index contributed by atoms with van der Waals surface area (Å²) < 4.78 is 0. The second-order valence-electron chi connectivity index (χ2n) is 5.90. The summed E-state index contributed by atoms with van der Waals surface area (Å²) in [7, 11) is 0. The molecule has 30 heavy (non-hydrogen) atoms. The van der Waals surface area contributed by atoms with Gasteiger partial charge in [-0.25, -0.2) is 4.79 Å². The van der Waals surface area contributed by atoms with Gasteiger partial charge in [-0.1, -0.05) is 13.3 Å². The van der Waals surface area contributed by atoms with Crippen molar-refractivity contribution in [1.82, 2.24) is 0 Å². The van der Waals surface area contributed by atoms with E-state index in [1.165, 1.54) is 0 Å². The molecule has 0 radical (unpaired) electrons. The molecular formula is C17H18N4O9. The van der Waals surface area contributed by atoms with Gasteiger partial charge in [-0.15, -0.1) is 0 Å². The minimum atomic E-state index is -1.34. The molecule has 0 saturated heterocycles. The number of nitrogens with two attached hydrogens (primary N) is 1. The van der Waals surface area contributed by atoms with Crippen molar-refractivity contribution in [3.05, 3.63) is 71.8 Å². The lowest BCUT2D eigenvalue weighted by atomic mass is 10.0. The minimum absolute atomic E-state index is 0.368. The molecule has 4 N–H and O–H groups in total. The number of nitro benzene ring substituents is 3. The average Bonchev–Trinajstić information content (AvgIpc) is 2.65. The number of carboxylic acid groups (broad SMARTS) is 1. The molecule has 0 aliphatic heterocycles. The van der Waals surface area contributed by atoms with E-state index in [9.17, 15) is 35.1 Å². The van der Waals surface area contributed by atoms with Crippen molar-refractivity contribution in [3.63, 3.8) is 0 Å². The van der Waals surface area contributed by atoms with Crippen LogP contribution in [0.25, 0.3) is 0 Å². The van der Waals surface area contributed by atoms with Gasteiger partial charge in [-0.05, 0) is 42.7 Å². The number of nitro groups is 3. The summed E-state index contributed by atoms with van der Waals surface area (Å²) in [5, 5.41) is 49.3. The number of carbonyl (C=O) groups is 1. The topological polar surface area (TPSA) is 213 Å². The van der Waals surface area contributed by atoms with Crippen LogP contribution in [0.1, 0.15) is 35.7 Å². The molecule has 0 fully saturated rings. The van der Waals surface area contributed by atoms with Gasteiger partial charge in [0.1, 0.15) is 0 Å². The van der Waals surface area contributed by atoms with Gasteiger partial charge < -0.3 is 15.9 Å². The van der Waals surface area contributed by atoms with Gasteiger partial charge in [0, 0.05) is 11.8 Å². The number of phenols is 1. The summed E-state index contributed by atoms with van der Waals surface area (Å²) in [5.74, 6) is -1.88. The summed E-state index contributed by atoms with van der Waals surface area (Å²) in [4.78, 5) is 38.5. The van der Waals surface area contributed by atoms with E-state index in [0.29, 0.717) is 23.4 Å². The maximum atomic E-state index is 10.9. The van der Waals surface area contributed by atoms with E-state index in [1.54, 1.807) is 18.2 Å². The molecule has 2 aromatic carbocycles. The Hall–Kier alpha value is -4.29. The van der Waals surface area contributed by atoms with E-state index >= 15 is 0 Å². The van der Waals surface area contributed by atoms with Crippen LogP contribution in [0.5, 0.6) is 5.75 Å². The standard InChI is InChI=1S/C11H15NO2.C6H3N3O7/c1-2-3-4-8-7-9(12)5-6-10(8)11(13)14;10-4-2-1-3(7(11)12)5(8(13)14)6(4)9(15)16/h5-7H,2-4,12H2,1H3,(H,13,14);1-2,10H. The van der Waals surface area contributed by atoms with Crippen LogP contribution in [0, 0.1) is 30.3 Å². The Balaban J connectivity index is 0.000000303. The first-order valence-corrected chi connectivity index (χ1v) is 8.42. The van der Waals surface area contributed by atoms with Crippen molar-refractivity contribution in [2.75, 3.05) is 5.73 Å². The Morgan fingerprint density at radius 1 is 1.00 bits per heavy atom. The fourth-order valence-electron chi connectivity index (χ4n) is 2.46. The maximum Gasteiger partial charge on any atom is 0.426 e. The molecule has 2 rings (SSSR count). The molecule has 0 heterocycles. The van der Waals surface area contributed by atoms with Gasteiger partial charge in [0.15, 0.2) is 0 Å². The number of phenolic OH excluding ortho intramolecular Hbond substituents is 1. The van der Waals surface area contributed by atoms with Gasteiger partial charge in [0.25, 0.3) is 0 Å². The smallest absolute Gasteiger partial charge is 0.426 e. The quantitative estimate of drug-likeness (QED) is 0.335. The summed E-state index contributed by atoms with van der Waals surface area (Å²) >= 11 is 0. The number of carboxylic acids is 1. The highest BCUT2D eigenvalue weighted by Gasteiger charge is 2.38. The minimum Gasteiger partial charge on any atom is -0.502 e. The fraction of sp³-hybridized carbons (Fsp3) is 0.235. The number of anilines is 1. The number of aromatic hydroxyl groups is 1. The van der Waals surface area contributed by atoms with Crippen LogP contribution in [-0.4, -0.2) is 31.0 Å². The molecule has 13 heteroatoms. The van der Waals surface area contributed by atoms with E-state index in [4.69, 9.17) is 15.9 Å². The fourth-order valence-corrected chi connectivity index (χ4v) is 2.46. The number of aryl methyl sites for hydroxylation is 1. The molecule has 0 aliphatic carbocycles. The summed E-state index contributed by atoms with van der Waals surface area (Å²) in [6.45, 7) is 2.08. The Morgan fingerprint density at radius 2 is 1.60 bits per heavy atom. The van der Waals surface area contributed by atoms with Crippen molar-refractivity contribution in [1.29, 1.82) is 0 Å². The Kier molecular flexibility index (Phi) is 8.16. The van der Waals surface area contributed by atoms with Crippen LogP contribution < -0.4 is 5.73 Å². The predicted molar refractivity (Wildman–Crippen MR) is 104 cm³/mol. The lowest BCUT2D eigenvalue weighted by Crippen LogP contribution is -2.03. The van der Waals surface area contributed by atoms with Crippen molar-refractivity contribution < 1.29 is 29.8 Å². The molecule has 2 aromatic rings. The van der Waals surface area contributed by atoms with E-state index in [2.05, 4.69) is 6.92 Å². The highest BCUT2D eigenvalue weighted by Crippen LogP contribution is 2.42. The van der Waals surface area contributed by atoms with E-state index in [-0.39, 0.29) is 0 Å². The number of hydrogen-bond donors (Lipinski definition) is 3. The summed E-state index contributed by atoms with van der Waals surface area (Å²) in [6, 6.07) is 6.23. The van der Waals surface area contributed by atoms with Crippen LogP contribution in [0.4, 0.5) is 22.7 Å². The van der Waals surface area contributed by atoms with Gasteiger partial charge in [0.05, 0.1) is 20.3 Å². The van der Waals surface area contributed by atoms with Crippen LogP contribution in [0.3, 0.4) is 0 Å². The van der Waals surface area contributed by atoms with Gasteiger partial charge >= 0.3 is 23.0 Å². The lowest BCUT2D eigenvalue weighted by molar-refractivity contribution is -0.441. The number of nitrogen functional groups attached to an aromatic ring is 1. The number of rotatable bonds is 7. The van der Waals surface area contributed by atoms with E-state index in [0.717, 1.165) is 24.8 Å². The molecule has 0 aliphatic rings.